The molecule has 100 valence electrons. The van der Waals surface area contributed by atoms with Gasteiger partial charge in [0.05, 0.1) is 11.5 Å². The Labute approximate surface area is 104 Å². The van der Waals surface area contributed by atoms with Crippen LogP contribution < -0.4 is 10.6 Å². The van der Waals surface area contributed by atoms with Crippen molar-refractivity contribution in [2.75, 3.05) is 24.6 Å². The Balaban J connectivity index is 1.81. The van der Waals surface area contributed by atoms with Gasteiger partial charge < -0.3 is 10.6 Å². The van der Waals surface area contributed by atoms with Crippen molar-refractivity contribution < 1.29 is 8.42 Å². The van der Waals surface area contributed by atoms with Crippen LogP contribution in [0.2, 0.25) is 0 Å². The summed E-state index contributed by atoms with van der Waals surface area (Å²) in [4.78, 5) is 0. The largest absolute Gasteiger partial charge is 0.313 e. The zero-order chi connectivity index (χ0) is 12.4. The van der Waals surface area contributed by atoms with Crippen molar-refractivity contribution in [3.63, 3.8) is 0 Å². The molecule has 0 aromatic carbocycles. The molecule has 2 heterocycles. The van der Waals surface area contributed by atoms with E-state index in [1.165, 1.54) is 25.7 Å². The Hall–Kier alpha value is -0.130. The summed E-state index contributed by atoms with van der Waals surface area (Å²) in [5.41, 5.74) is -0.202. The van der Waals surface area contributed by atoms with E-state index in [4.69, 9.17) is 0 Å². The Morgan fingerprint density at radius 1 is 1.35 bits per heavy atom. The summed E-state index contributed by atoms with van der Waals surface area (Å²) in [7, 11) is -2.80. The highest BCUT2D eigenvalue weighted by molar-refractivity contribution is 7.91. The molecule has 0 amide bonds. The van der Waals surface area contributed by atoms with Crippen molar-refractivity contribution in [2.45, 2.75) is 50.6 Å². The highest BCUT2D eigenvalue weighted by Gasteiger charge is 2.38. The number of sulfone groups is 1. The van der Waals surface area contributed by atoms with E-state index in [-0.39, 0.29) is 5.54 Å². The molecule has 5 heteroatoms. The minimum Gasteiger partial charge on any atom is -0.313 e. The van der Waals surface area contributed by atoms with Gasteiger partial charge in [0.25, 0.3) is 0 Å². The van der Waals surface area contributed by atoms with Crippen LogP contribution in [0.15, 0.2) is 0 Å². The van der Waals surface area contributed by atoms with Crippen molar-refractivity contribution >= 4 is 9.84 Å². The molecule has 0 saturated carbocycles. The molecule has 2 aliphatic rings. The van der Waals surface area contributed by atoms with Crippen LogP contribution in [0.5, 0.6) is 0 Å². The first kappa shape index (κ1) is 13.3. The van der Waals surface area contributed by atoms with Gasteiger partial charge in [-0.05, 0) is 32.7 Å². The van der Waals surface area contributed by atoms with Gasteiger partial charge >= 0.3 is 0 Å². The van der Waals surface area contributed by atoms with E-state index in [1.807, 2.05) is 6.92 Å². The van der Waals surface area contributed by atoms with E-state index >= 15 is 0 Å². The molecule has 2 rings (SSSR count). The van der Waals surface area contributed by atoms with E-state index in [2.05, 4.69) is 10.6 Å². The molecule has 17 heavy (non-hydrogen) atoms. The molecule has 4 nitrogen and oxygen atoms in total. The summed E-state index contributed by atoms with van der Waals surface area (Å²) in [6.07, 6.45) is 5.82. The van der Waals surface area contributed by atoms with E-state index < -0.39 is 9.84 Å². The maximum Gasteiger partial charge on any atom is 0.152 e. The van der Waals surface area contributed by atoms with Crippen LogP contribution in [0.1, 0.15) is 39.0 Å². The van der Waals surface area contributed by atoms with E-state index in [0.717, 1.165) is 19.5 Å². The lowest BCUT2D eigenvalue weighted by Gasteiger charge is -2.27. The van der Waals surface area contributed by atoms with Crippen molar-refractivity contribution in [3.8, 4) is 0 Å². The summed E-state index contributed by atoms with van der Waals surface area (Å²) in [6, 6.07) is 0.512. The molecule has 2 saturated heterocycles. The predicted octanol–water partition coefficient (Wildman–Crippen LogP) is 0.685. The average Bonchev–Trinajstić information content (AvgIpc) is 2.47. The SMILES string of the molecule is CC1(NCC2CCCCCN2)CCS(=O)(=O)C1. The number of rotatable bonds is 3. The van der Waals surface area contributed by atoms with Crippen LogP contribution in [0.4, 0.5) is 0 Å². The molecule has 2 atom stereocenters. The van der Waals surface area contributed by atoms with Gasteiger partial charge in [0.15, 0.2) is 9.84 Å². The van der Waals surface area contributed by atoms with Gasteiger partial charge in [-0.15, -0.1) is 0 Å². The summed E-state index contributed by atoms with van der Waals surface area (Å²) >= 11 is 0. The predicted molar refractivity (Wildman–Crippen MR) is 69.9 cm³/mol. The maximum atomic E-state index is 11.5. The summed E-state index contributed by atoms with van der Waals surface area (Å²) in [5, 5.41) is 7.00. The highest BCUT2D eigenvalue weighted by Crippen LogP contribution is 2.22. The topological polar surface area (TPSA) is 58.2 Å². The molecule has 0 spiro atoms. The fourth-order valence-electron chi connectivity index (χ4n) is 2.79. The summed E-state index contributed by atoms with van der Waals surface area (Å²) < 4.78 is 23.0. The van der Waals surface area contributed by atoms with Gasteiger partial charge in [-0.1, -0.05) is 12.8 Å². The molecule has 2 aliphatic heterocycles. The first-order valence-electron chi connectivity index (χ1n) is 6.68. The van der Waals surface area contributed by atoms with Crippen molar-refractivity contribution in [1.29, 1.82) is 0 Å². The van der Waals surface area contributed by atoms with Crippen LogP contribution in [0.25, 0.3) is 0 Å². The second-order valence-corrected chi connectivity index (χ2v) is 7.97. The minimum atomic E-state index is -2.80. The third-order valence-corrected chi connectivity index (χ3v) is 5.84. The maximum absolute atomic E-state index is 11.5. The molecule has 2 unspecified atom stereocenters. The van der Waals surface area contributed by atoms with E-state index in [1.54, 1.807) is 0 Å². The molecule has 0 aromatic rings. The highest BCUT2D eigenvalue weighted by atomic mass is 32.2. The minimum absolute atomic E-state index is 0.202. The van der Waals surface area contributed by atoms with Gasteiger partial charge in [0, 0.05) is 18.1 Å². The van der Waals surface area contributed by atoms with Gasteiger partial charge in [-0.2, -0.15) is 0 Å². The van der Waals surface area contributed by atoms with Crippen molar-refractivity contribution in [2.24, 2.45) is 0 Å². The number of nitrogens with one attached hydrogen (secondary N) is 2. The molecular weight excluding hydrogens is 236 g/mol. The molecule has 2 fully saturated rings. The van der Waals surface area contributed by atoms with Crippen molar-refractivity contribution in [3.05, 3.63) is 0 Å². The lowest BCUT2D eigenvalue weighted by molar-refractivity contribution is 0.357. The van der Waals surface area contributed by atoms with Crippen LogP contribution >= 0.6 is 0 Å². The second kappa shape index (κ2) is 5.24. The third kappa shape index (κ3) is 3.93. The fraction of sp³-hybridized carbons (Fsp3) is 1.00. The molecular formula is C12H24N2O2S. The van der Waals surface area contributed by atoms with E-state index in [9.17, 15) is 8.42 Å². The number of hydrogen-bond donors (Lipinski definition) is 2. The van der Waals surface area contributed by atoms with Crippen LogP contribution in [0, 0.1) is 0 Å². The Morgan fingerprint density at radius 3 is 2.88 bits per heavy atom. The molecule has 0 aliphatic carbocycles. The molecule has 2 N–H and O–H groups in total. The van der Waals surface area contributed by atoms with Crippen molar-refractivity contribution in [1.82, 2.24) is 10.6 Å². The monoisotopic (exact) mass is 260 g/mol. The summed E-state index contributed by atoms with van der Waals surface area (Å²) in [5.74, 6) is 0.640. The van der Waals surface area contributed by atoms with E-state index in [0.29, 0.717) is 17.5 Å². The zero-order valence-corrected chi connectivity index (χ0v) is 11.5. The van der Waals surface area contributed by atoms with Crippen LogP contribution in [-0.4, -0.2) is 44.6 Å². The second-order valence-electron chi connectivity index (χ2n) is 5.78. The van der Waals surface area contributed by atoms with Crippen LogP contribution in [-0.2, 0) is 9.84 Å². The van der Waals surface area contributed by atoms with Gasteiger partial charge in [-0.25, -0.2) is 8.42 Å². The normalized spacial score (nSPS) is 37.8. The first-order chi connectivity index (χ1) is 7.99. The smallest absolute Gasteiger partial charge is 0.152 e. The molecule has 0 radical (unpaired) electrons. The van der Waals surface area contributed by atoms with Gasteiger partial charge in [-0.3, -0.25) is 0 Å². The summed E-state index contributed by atoms with van der Waals surface area (Å²) in [6.45, 7) is 4.03. The lowest BCUT2D eigenvalue weighted by Crippen LogP contribution is -2.49. The fourth-order valence-corrected chi connectivity index (χ4v) is 4.92. The quantitative estimate of drug-likeness (QED) is 0.784. The first-order valence-corrected chi connectivity index (χ1v) is 8.50. The van der Waals surface area contributed by atoms with Gasteiger partial charge in [0.1, 0.15) is 0 Å². The lowest BCUT2D eigenvalue weighted by atomic mass is 10.0. The Kier molecular flexibility index (Phi) is 4.10. The van der Waals surface area contributed by atoms with Crippen LogP contribution in [0.3, 0.4) is 0 Å². The third-order valence-electron chi connectivity index (χ3n) is 3.94. The standard InChI is InChI=1S/C12H24N2O2S/c1-12(6-8-17(15,16)10-12)14-9-11-5-3-2-4-7-13-11/h11,13-14H,2-10H2,1H3. The Bertz CT molecular complexity index is 348. The number of hydrogen-bond acceptors (Lipinski definition) is 4. The Morgan fingerprint density at radius 2 is 2.18 bits per heavy atom. The average molecular weight is 260 g/mol. The molecule has 0 bridgehead atoms. The zero-order valence-electron chi connectivity index (χ0n) is 10.7. The van der Waals surface area contributed by atoms with Gasteiger partial charge in [0.2, 0.25) is 0 Å². The molecule has 0 aromatic heterocycles.